The Labute approximate surface area is 231 Å². The summed E-state index contributed by atoms with van der Waals surface area (Å²) in [5.74, 6) is 0.741. The average molecular weight is 584 g/mol. The molecule has 13 heteroatoms. The molecule has 0 radical (unpaired) electrons. The van der Waals surface area contributed by atoms with E-state index in [0.29, 0.717) is 51.3 Å². The molecule has 208 valence electrons. The van der Waals surface area contributed by atoms with Gasteiger partial charge in [-0.2, -0.15) is 0 Å². The van der Waals surface area contributed by atoms with E-state index in [1.807, 2.05) is 20.8 Å². The molecule has 1 aromatic carbocycles. The third kappa shape index (κ3) is 5.17. The fourth-order valence-corrected chi connectivity index (χ4v) is 8.47. The molecule has 38 heavy (non-hydrogen) atoms. The first-order valence-corrected chi connectivity index (χ1v) is 15.8. The number of aromatic nitrogens is 1. The van der Waals surface area contributed by atoms with Crippen LogP contribution < -0.4 is 13.5 Å². The maximum Gasteiger partial charge on any atom is 0.256 e. The van der Waals surface area contributed by atoms with E-state index in [9.17, 15) is 21.6 Å². The van der Waals surface area contributed by atoms with E-state index < -0.39 is 20.0 Å². The Morgan fingerprint density at radius 3 is 1.97 bits per heavy atom. The molecule has 0 spiro atoms. The Morgan fingerprint density at radius 2 is 1.39 bits per heavy atom. The van der Waals surface area contributed by atoms with Crippen molar-refractivity contribution in [3.05, 3.63) is 46.6 Å². The maximum absolute atomic E-state index is 13.7. The molecule has 0 atom stereocenters. The predicted molar refractivity (Wildman–Crippen MR) is 152 cm³/mol. The van der Waals surface area contributed by atoms with Crippen molar-refractivity contribution in [1.82, 2.24) is 9.88 Å². The first kappa shape index (κ1) is 28.4. The SMILES string of the molecule is Cc1cc(C)c(N2CCN(C(=O)c3ccc(N4CCCS4(=O)=O)cc3N3CCCS3(=O)=O)CC2)nc1C.Cl. The third-order valence-corrected chi connectivity index (χ3v) is 11.2. The van der Waals surface area contributed by atoms with Crippen LogP contribution in [0.2, 0.25) is 0 Å². The lowest BCUT2D eigenvalue weighted by atomic mass is 10.1. The van der Waals surface area contributed by atoms with Crippen LogP contribution in [0.4, 0.5) is 17.2 Å². The molecule has 0 aliphatic carbocycles. The molecular formula is C25H34ClN5O5S2. The molecule has 3 saturated heterocycles. The second-order valence-corrected chi connectivity index (χ2v) is 14.0. The number of pyridine rings is 1. The standard InChI is InChI=1S/C25H33N5O5S2.ClH/c1-18-16-19(2)24(26-20(18)3)27-10-12-28(13-11-27)25(31)22-7-6-21(29-8-4-14-36(29,32)33)17-23(22)30-9-5-15-37(30,34)35;/h6-7,16-17H,4-5,8-15H2,1-3H3;1H. The Morgan fingerprint density at radius 1 is 0.789 bits per heavy atom. The number of hydrogen-bond donors (Lipinski definition) is 0. The van der Waals surface area contributed by atoms with Crippen LogP contribution >= 0.6 is 12.4 Å². The number of sulfonamides is 2. The van der Waals surface area contributed by atoms with Crippen LogP contribution in [0.5, 0.6) is 0 Å². The number of halogens is 1. The molecule has 4 heterocycles. The summed E-state index contributed by atoms with van der Waals surface area (Å²) >= 11 is 0. The number of benzene rings is 1. The summed E-state index contributed by atoms with van der Waals surface area (Å²) in [6.07, 6.45) is 0.975. The van der Waals surface area contributed by atoms with Gasteiger partial charge < -0.3 is 9.80 Å². The Bertz CT molecular complexity index is 1460. The van der Waals surface area contributed by atoms with Crippen molar-refractivity contribution in [3.63, 3.8) is 0 Å². The molecule has 1 aromatic heterocycles. The molecule has 0 unspecified atom stereocenters. The summed E-state index contributed by atoms with van der Waals surface area (Å²) in [6, 6.07) is 6.87. The summed E-state index contributed by atoms with van der Waals surface area (Å²) in [4.78, 5) is 22.4. The van der Waals surface area contributed by atoms with Crippen LogP contribution in [0.3, 0.4) is 0 Å². The molecule has 10 nitrogen and oxygen atoms in total. The minimum Gasteiger partial charge on any atom is -0.353 e. The van der Waals surface area contributed by atoms with Crippen molar-refractivity contribution >= 4 is 55.6 Å². The minimum atomic E-state index is -3.58. The number of rotatable bonds is 4. The number of carbonyl (C=O) groups excluding carboxylic acids is 1. The van der Waals surface area contributed by atoms with E-state index in [-0.39, 0.29) is 47.6 Å². The smallest absolute Gasteiger partial charge is 0.256 e. The Hall–Kier alpha value is -2.57. The number of aryl methyl sites for hydroxylation is 3. The van der Waals surface area contributed by atoms with Crippen molar-refractivity contribution in [2.75, 3.05) is 64.3 Å². The van der Waals surface area contributed by atoms with Gasteiger partial charge in [0, 0.05) is 45.0 Å². The van der Waals surface area contributed by atoms with E-state index in [0.717, 1.165) is 22.6 Å². The van der Waals surface area contributed by atoms with Crippen molar-refractivity contribution in [2.45, 2.75) is 33.6 Å². The Balaban J connectivity index is 0.00000336. The lowest BCUT2D eigenvalue weighted by Gasteiger charge is -2.37. The van der Waals surface area contributed by atoms with E-state index in [2.05, 4.69) is 11.0 Å². The molecule has 1 amide bonds. The highest BCUT2D eigenvalue weighted by molar-refractivity contribution is 7.93. The number of piperazine rings is 1. The van der Waals surface area contributed by atoms with E-state index in [4.69, 9.17) is 4.98 Å². The monoisotopic (exact) mass is 583 g/mol. The van der Waals surface area contributed by atoms with Gasteiger partial charge in [0.15, 0.2) is 0 Å². The second-order valence-electron chi connectivity index (χ2n) is 10.00. The third-order valence-electron chi connectivity index (χ3n) is 7.46. The molecule has 3 aliphatic rings. The van der Waals surface area contributed by atoms with Crippen LogP contribution in [0.15, 0.2) is 24.3 Å². The van der Waals surface area contributed by atoms with Crippen molar-refractivity contribution in [2.24, 2.45) is 0 Å². The van der Waals surface area contributed by atoms with Crippen LogP contribution in [-0.4, -0.2) is 83.4 Å². The zero-order chi connectivity index (χ0) is 26.5. The summed E-state index contributed by atoms with van der Waals surface area (Å²) in [5, 5.41) is 0. The number of amides is 1. The summed E-state index contributed by atoms with van der Waals surface area (Å²) in [5.41, 5.74) is 4.15. The maximum atomic E-state index is 13.7. The number of nitrogens with zero attached hydrogens (tertiary/aromatic N) is 5. The summed E-state index contributed by atoms with van der Waals surface area (Å²) < 4.78 is 53.2. The highest BCUT2D eigenvalue weighted by atomic mass is 35.5. The van der Waals surface area contributed by atoms with E-state index in [1.165, 1.54) is 8.61 Å². The number of carbonyl (C=O) groups is 1. The van der Waals surface area contributed by atoms with Crippen LogP contribution in [0, 0.1) is 20.8 Å². The molecular weight excluding hydrogens is 550 g/mol. The topological polar surface area (TPSA) is 111 Å². The van der Waals surface area contributed by atoms with Gasteiger partial charge in [0.1, 0.15) is 5.82 Å². The number of anilines is 3. The largest absolute Gasteiger partial charge is 0.353 e. The molecule has 0 N–H and O–H groups in total. The van der Waals surface area contributed by atoms with Crippen molar-refractivity contribution in [1.29, 1.82) is 0 Å². The first-order valence-electron chi connectivity index (χ1n) is 12.6. The van der Waals surface area contributed by atoms with E-state index in [1.54, 1.807) is 23.1 Å². The first-order chi connectivity index (χ1) is 17.5. The van der Waals surface area contributed by atoms with Gasteiger partial charge in [-0.15, -0.1) is 12.4 Å². The normalized spacial score (nSPS) is 20.5. The zero-order valence-corrected chi connectivity index (χ0v) is 24.3. The van der Waals surface area contributed by atoms with Gasteiger partial charge in [0.05, 0.1) is 28.4 Å². The van der Waals surface area contributed by atoms with Gasteiger partial charge in [-0.25, -0.2) is 21.8 Å². The van der Waals surface area contributed by atoms with Gasteiger partial charge in [-0.1, -0.05) is 6.07 Å². The molecule has 5 rings (SSSR count). The minimum absolute atomic E-state index is 0. The number of hydrogen-bond acceptors (Lipinski definition) is 7. The lowest BCUT2D eigenvalue weighted by molar-refractivity contribution is 0.0747. The fourth-order valence-electron chi connectivity index (χ4n) is 5.34. The van der Waals surface area contributed by atoms with Gasteiger partial charge in [-0.05, 0) is 62.9 Å². The average Bonchev–Trinajstić information content (AvgIpc) is 3.40. The van der Waals surface area contributed by atoms with Gasteiger partial charge in [0.2, 0.25) is 20.0 Å². The molecule has 0 saturated carbocycles. The Kier molecular flexibility index (Phi) is 7.89. The van der Waals surface area contributed by atoms with Crippen LogP contribution in [0.1, 0.15) is 40.0 Å². The van der Waals surface area contributed by atoms with E-state index >= 15 is 0 Å². The van der Waals surface area contributed by atoms with Crippen LogP contribution in [-0.2, 0) is 20.0 Å². The predicted octanol–water partition coefficient (Wildman–Crippen LogP) is 2.47. The van der Waals surface area contributed by atoms with Crippen molar-refractivity contribution < 1.29 is 21.6 Å². The summed E-state index contributed by atoms with van der Waals surface area (Å²) in [7, 11) is -7.02. The lowest BCUT2D eigenvalue weighted by Crippen LogP contribution is -2.49. The van der Waals surface area contributed by atoms with Gasteiger partial charge in [-0.3, -0.25) is 13.4 Å². The highest BCUT2D eigenvalue weighted by Gasteiger charge is 2.35. The molecule has 0 bridgehead atoms. The van der Waals surface area contributed by atoms with Gasteiger partial charge >= 0.3 is 0 Å². The molecule has 3 fully saturated rings. The zero-order valence-electron chi connectivity index (χ0n) is 21.9. The molecule has 2 aromatic rings. The fraction of sp³-hybridized carbons (Fsp3) is 0.520. The van der Waals surface area contributed by atoms with Crippen molar-refractivity contribution in [3.8, 4) is 0 Å². The second kappa shape index (κ2) is 10.5. The van der Waals surface area contributed by atoms with Crippen LogP contribution in [0.25, 0.3) is 0 Å². The van der Waals surface area contributed by atoms with Gasteiger partial charge in [0.25, 0.3) is 5.91 Å². The highest BCUT2D eigenvalue weighted by Crippen LogP contribution is 2.35. The molecule has 3 aliphatic heterocycles. The quantitative estimate of drug-likeness (QED) is 0.543. The summed E-state index contributed by atoms with van der Waals surface area (Å²) in [6.45, 7) is 8.86.